The Balaban J connectivity index is 1.60. The number of carbonyl (C=O) groups excluding carboxylic acids is 1. The van der Waals surface area contributed by atoms with Gasteiger partial charge in [0.15, 0.2) is 0 Å². The Hall–Kier alpha value is -1.32. The first-order chi connectivity index (χ1) is 14.9. The van der Waals surface area contributed by atoms with Gasteiger partial charge in [-0.2, -0.15) is 0 Å². The zero-order valence-corrected chi connectivity index (χ0v) is 21.4. The van der Waals surface area contributed by atoms with Crippen LogP contribution < -0.4 is 0 Å². The van der Waals surface area contributed by atoms with Gasteiger partial charge in [-0.15, -0.1) is 0 Å². The lowest BCUT2D eigenvalue weighted by molar-refractivity contribution is -0.148. The van der Waals surface area contributed by atoms with Crippen LogP contribution in [0.4, 0.5) is 0 Å². The molecule has 32 heavy (non-hydrogen) atoms. The first kappa shape index (κ1) is 23.8. The van der Waals surface area contributed by atoms with Crippen LogP contribution in [0, 0.1) is 40.4 Å². The van der Waals surface area contributed by atoms with E-state index in [0.29, 0.717) is 35.2 Å². The molecule has 4 heteroatoms. The number of carboxylic acids is 1. The monoisotopic (exact) mass is 443 g/mol. The van der Waals surface area contributed by atoms with E-state index in [0.717, 1.165) is 37.7 Å². The van der Waals surface area contributed by atoms with E-state index in [9.17, 15) is 14.7 Å². The summed E-state index contributed by atoms with van der Waals surface area (Å²) in [7, 11) is 0. The maximum Gasteiger partial charge on any atom is 0.331 e. The molecule has 4 aliphatic rings. The second kappa shape index (κ2) is 8.17. The quantitative estimate of drug-likeness (QED) is 0.554. The van der Waals surface area contributed by atoms with Gasteiger partial charge in [-0.05, 0) is 120 Å². The number of carboxylic acid groups (broad SMARTS) is 1. The van der Waals surface area contributed by atoms with E-state index in [2.05, 4.69) is 53.4 Å². The number of hydrogen-bond donors (Lipinski definition) is 1. The molecule has 0 saturated heterocycles. The van der Waals surface area contributed by atoms with Crippen LogP contribution in [0.1, 0.15) is 99.8 Å². The lowest BCUT2D eigenvalue weighted by atomic mass is 9.44. The third kappa shape index (κ3) is 3.38. The summed E-state index contributed by atoms with van der Waals surface area (Å²) in [5.74, 6) is 2.27. The molecule has 0 radical (unpaired) electrons. The number of rotatable bonds is 4. The first-order valence-corrected chi connectivity index (χ1v) is 13.2. The maximum absolute atomic E-state index is 13.7. The fourth-order valence-electron chi connectivity index (χ4n) is 9.30. The molecular weight excluding hydrogens is 398 g/mol. The van der Waals surface area contributed by atoms with Crippen LogP contribution in [-0.2, 0) is 9.59 Å². The molecule has 0 aromatic carbocycles. The number of allylic oxidation sites excluding steroid dienone is 1. The molecule has 0 aromatic heterocycles. The summed E-state index contributed by atoms with van der Waals surface area (Å²) < 4.78 is 0. The van der Waals surface area contributed by atoms with Crippen molar-refractivity contribution < 1.29 is 14.7 Å². The van der Waals surface area contributed by atoms with Crippen molar-refractivity contribution >= 4 is 11.9 Å². The summed E-state index contributed by atoms with van der Waals surface area (Å²) in [6.45, 7) is 15.6. The number of nitrogens with zero attached hydrogens (tertiary/aromatic N) is 1. The van der Waals surface area contributed by atoms with E-state index in [1.54, 1.807) is 0 Å². The van der Waals surface area contributed by atoms with Crippen molar-refractivity contribution in [2.24, 2.45) is 40.4 Å². The molecule has 0 aromatic rings. The first-order valence-electron chi connectivity index (χ1n) is 13.2. The molecule has 0 bridgehead atoms. The Bertz CT molecular complexity index is 805. The van der Waals surface area contributed by atoms with Gasteiger partial charge in [0.2, 0.25) is 5.91 Å². The van der Waals surface area contributed by atoms with Gasteiger partial charge < -0.3 is 10.0 Å². The van der Waals surface area contributed by atoms with E-state index in [1.165, 1.54) is 19.3 Å². The lowest BCUT2D eigenvalue weighted by Gasteiger charge is -2.60. The molecule has 4 rings (SSSR count). The average Bonchev–Trinajstić information content (AvgIpc) is 3.04. The molecule has 180 valence electrons. The topological polar surface area (TPSA) is 57.6 Å². The van der Waals surface area contributed by atoms with Crippen LogP contribution in [0.3, 0.4) is 0 Å². The number of hydrogen-bond acceptors (Lipinski definition) is 2. The van der Waals surface area contributed by atoms with E-state index in [4.69, 9.17) is 0 Å². The zero-order valence-electron chi connectivity index (χ0n) is 21.4. The molecular formula is C28H45NO3. The summed E-state index contributed by atoms with van der Waals surface area (Å²) in [4.78, 5) is 27.7. The van der Waals surface area contributed by atoms with Gasteiger partial charge in [0.05, 0.1) is 0 Å². The fourth-order valence-corrected chi connectivity index (χ4v) is 9.30. The maximum atomic E-state index is 13.7. The standard InChI is InChI=1S/C28H45NO3/c1-16(2)29(17(3)4)25(30)24-11-10-22-20-8-9-21-18(5)19(26(31)32)12-14-27(21,6)23(20)13-15-28(22,24)7/h16-17,20-24H,8-15H2,1-7H3,(H,31,32)/t20-,21-,22-,23-,24+,27-,28-/m0/s1. The van der Waals surface area contributed by atoms with E-state index >= 15 is 0 Å². The van der Waals surface area contributed by atoms with Crippen LogP contribution in [0.15, 0.2) is 11.1 Å². The summed E-state index contributed by atoms with van der Waals surface area (Å²) in [5.41, 5.74) is 2.18. The highest BCUT2D eigenvalue weighted by Crippen LogP contribution is 2.68. The Labute approximate surface area is 195 Å². The van der Waals surface area contributed by atoms with Crippen molar-refractivity contribution in [2.75, 3.05) is 0 Å². The molecule has 1 N–H and O–H groups in total. The Morgan fingerprint density at radius 1 is 0.906 bits per heavy atom. The normalized spacial score (nSPS) is 41.3. The van der Waals surface area contributed by atoms with Gasteiger partial charge in [-0.25, -0.2) is 4.79 Å². The molecule has 4 aliphatic carbocycles. The SMILES string of the molecule is CC1=C(C(=O)O)CC[C@@]2(C)[C@H]1CC[C@@H]1[C@@H]2CC[C@]2(C)[C@@H](C(=O)N(C(C)C)C(C)C)CC[C@@H]12. The molecule has 0 spiro atoms. The Morgan fingerprint density at radius 2 is 1.53 bits per heavy atom. The second-order valence-electron chi connectivity index (χ2n) is 12.6. The van der Waals surface area contributed by atoms with E-state index < -0.39 is 5.97 Å². The van der Waals surface area contributed by atoms with Crippen LogP contribution in [-0.4, -0.2) is 34.0 Å². The lowest BCUT2D eigenvalue weighted by Crippen LogP contribution is -2.55. The number of aliphatic carboxylic acids is 1. The van der Waals surface area contributed by atoms with Crippen LogP contribution in [0.5, 0.6) is 0 Å². The van der Waals surface area contributed by atoms with Crippen LogP contribution >= 0.6 is 0 Å². The van der Waals surface area contributed by atoms with Crippen molar-refractivity contribution in [3.8, 4) is 0 Å². The third-order valence-corrected chi connectivity index (χ3v) is 10.7. The van der Waals surface area contributed by atoms with E-state index in [-0.39, 0.29) is 28.8 Å². The van der Waals surface area contributed by atoms with Gasteiger partial charge >= 0.3 is 5.97 Å². The van der Waals surface area contributed by atoms with Crippen molar-refractivity contribution in [1.29, 1.82) is 0 Å². The number of carbonyl (C=O) groups is 2. The largest absolute Gasteiger partial charge is 0.478 e. The van der Waals surface area contributed by atoms with Crippen molar-refractivity contribution in [2.45, 2.75) is 112 Å². The van der Waals surface area contributed by atoms with Crippen LogP contribution in [0.25, 0.3) is 0 Å². The summed E-state index contributed by atoms with van der Waals surface area (Å²) >= 11 is 0. The van der Waals surface area contributed by atoms with Crippen molar-refractivity contribution in [3.63, 3.8) is 0 Å². The smallest absolute Gasteiger partial charge is 0.331 e. The number of amides is 1. The zero-order chi connectivity index (χ0) is 23.6. The summed E-state index contributed by atoms with van der Waals surface area (Å²) in [5, 5.41) is 9.68. The van der Waals surface area contributed by atoms with Gasteiger partial charge in [0, 0.05) is 23.6 Å². The molecule has 7 atom stereocenters. The van der Waals surface area contributed by atoms with Gasteiger partial charge in [0.1, 0.15) is 0 Å². The molecule has 3 fully saturated rings. The van der Waals surface area contributed by atoms with Gasteiger partial charge in [-0.3, -0.25) is 4.79 Å². The van der Waals surface area contributed by atoms with Crippen molar-refractivity contribution in [1.82, 2.24) is 4.90 Å². The predicted octanol–water partition coefficient (Wildman–Crippen LogP) is 6.30. The minimum absolute atomic E-state index is 0.120. The summed E-state index contributed by atoms with van der Waals surface area (Å²) in [6.07, 6.45) is 8.64. The molecule has 3 saturated carbocycles. The Morgan fingerprint density at radius 3 is 2.12 bits per heavy atom. The Kier molecular flexibility index (Phi) is 6.08. The predicted molar refractivity (Wildman–Crippen MR) is 128 cm³/mol. The molecule has 0 aliphatic heterocycles. The molecule has 4 nitrogen and oxygen atoms in total. The summed E-state index contributed by atoms with van der Waals surface area (Å²) in [6, 6.07) is 0.493. The highest BCUT2D eigenvalue weighted by atomic mass is 16.4. The molecule has 1 amide bonds. The van der Waals surface area contributed by atoms with Gasteiger partial charge in [-0.1, -0.05) is 19.4 Å². The second-order valence-corrected chi connectivity index (χ2v) is 12.6. The molecule has 0 unspecified atom stereocenters. The molecule has 0 heterocycles. The minimum Gasteiger partial charge on any atom is -0.478 e. The van der Waals surface area contributed by atoms with Gasteiger partial charge in [0.25, 0.3) is 0 Å². The fraction of sp³-hybridized carbons (Fsp3) is 0.857. The number of fused-ring (bicyclic) bond motifs is 5. The van der Waals surface area contributed by atoms with E-state index in [1.807, 2.05) is 0 Å². The third-order valence-electron chi connectivity index (χ3n) is 10.7. The highest BCUT2D eigenvalue weighted by Gasteiger charge is 2.61. The average molecular weight is 444 g/mol. The van der Waals surface area contributed by atoms with Crippen molar-refractivity contribution in [3.05, 3.63) is 11.1 Å². The highest BCUT2D eigenvalue weighted by molar-refractivity contribution is 5.87. The van der Waals surface area contributed by atoms with Crippen LogP contribution in [0.2, 0.25) is 0 Å². The minimum atomic E-state index is -0.708.